The average Bonchev–Trinajstić information content (AvgIpc) is 3.33. The van der Waals surface area contributed by atoms with Crippen LogP contribution < -0.4 is 4.74 Å². The van der Waals surface area contributed by atoms with Crippen LogP contribution in [0.25, 0.3) is 33.7 Å². The summed E-state index contributed by atoms with van der Waals surface area (Å²) in [5, 5.41) is 14.1. The van der Waals surface area contributed by atoms with Gasteiger partial charge in [-0.15, -0.1) is 0 Å². The molecule has 160 valence electrons. The smallest absolute Gasteiger partial charge is 0.303 e. The minimum absolute atomic E-state index is 0.103. The lowest BCUT2D eigenvalue weighted by Crippen LogP contribution is -2.06. The molecule has 1 N–H and O–H groups in total. The first kappa shape index (κ1) is 20.7. The van der Waals surface area contributed by atoms with Crippen molar-refractivity contribution in [1.82, 2.24) is 14.7 Å². The maximum atomic E-state index is 10.9. The first-order valence-corrected chi connectivity index (χ1v) is 10.2. The van der Waals surface area contributed by atoms with Gasteiger partial charge in [-0.2, -0.15) is 4.98 Å². The summed E-state index contributed by atoms with van der Waals surface area (Å²) < 4.78 is 13.3. The normalized spacial score (nSPS) is 11.4. The molecule has 2 aromatic carbocycles. The van der Waals surface area contributed by atoms with Gasteiger partial charge in [-0.1, -0.05) is 5.16 Å². The number of aryl methyl sites for hydroxylation is 3. The molecular weight excluding hydrogens is 394 g/mol. The van der Waals surface area contributed by atoms with E-state index in [0.29, 0.717) is 18.1 Å². The molecule has 0 fully saturated rings. The number of hydrogen-bond donors (Lipinski definition) is 1. The number of hydrogen-bond acceptors (Lipinski definition) is 5. The Balaban J connectivity index is 1.61. The van der Waals surface area contributed by atoms with Crippen LogP contribution in [0.3, 0.4) is 0 Å². The van der Waals surface area contributed by atoms with Crippen LogP contribution in [-0.2, 0) is 18.3 Å². The Morgan fingerprint density at radius 1 is 1.16 bits per heavy atom. The van der Waals surface area contributed by atoms with Gasteiger partial charge in [0.2, 0.25) is 5.82 Å². The van der Waals surface area contributed by atoms with Crippen LogP contribution >= 0.6 is 0 Å². The Labute approximate surface area is 180 Å². The number of carboxylic acids is 1. The molecule has 0 saturated carbocycles. The van der Waals surface area contributed by atoms with Gasteiger partial charge in [-0.3, -0.25) is 4.79 Å². The van der Waals surface area contributed by atoms with Crippen molar-refractivity contribution in [1.29, 1.82) is 0 Å². The largest absolute Gasteiger partial charge is 0.491 e. The van der Waals surface area contributed by atoms with Crippen molar-refractivity contribution in [3.8, 4) is 28.6 Å². The van der Waals surface area contributed by atoms with Crippen molar-refractivity contribution in [2.45, 2.75) is 39.7 Å². The number of nitrogens with zero attached hydrogens (tertiary/aromatic N) is 3. The highest BCUT2D eigenvalue weighted by Crippen LogP contribution is 2.29. The Hall–Kier alpha value is -3.61. The highest BCUT2D eigenvalue weighted by atomic mass is 16.5. The molecule has 0 radical (unpaired) electrons. The number of aromatic nitrogens is 3. The molecule has 2 aromatic heterocycles. The molecule has 0 aliphatic rings. The number of aliphatic carboxylic acids is 1. The lowest BCUT2D eigenvalue weighted by molar-refractivity contribution is -0.136. The maximum Gasteiger partial charge on any atom is 0.303 e. The van der Waals surface area contributed by atoms with Gasteiger partial charge < -0.3 is 18.9 Å². The van der Waals surface area contributed by atoms with Crippen molar-refractivity contribution in [3.05, 3.63) is 53.7 Å². The van der Waals surface area contributed by atoms with Crippen LogP contribution in [0.15, 0.2) is 47.0 Å². The van der Waals surface area contributed by atoms with Crippen molar-refractivity contribution < 1.29 is 19.2 Å². The number of carboxylic acid groups (broad SMARTS) is 1. The van der Waals surface area contributed by atoms with Gasteiger partial charge in [-0.05, 0) is 75.2 Å². The van der Waals surface area contributed by atoms with E-state index in [0.717, 1.165) is 39.0 Å². The summed E-state index contributed by atoms with van der Waals surface area (Å²) in [4.78, 5) is 15.5. The Morgan fingerprint density at radius 2 is 1.94 bits per heavy atom. The zero-order chi connectivity index (χ0) is 22.1. The number of carbonyl (C=O) groups is 1. The summed E-state index contributed by atoms with van der Waals surface area (Å²) in [6.07, 6.45) is 0.695. The van der Waals surface area contributed by atoms with Crippen LogP contribution in [0, 0.1) is 6.92 Å². The molecule has 0 saturated heterocycles. The third-order valence-corrected chi connectivity index (χ3v) is 5.21. The van der Waals surface area contributed by atoms with Gasteiger partial charge in [0.05, 0.1) is 12.5 Å². The van der Waals surface area contributed by atoms with Crippen LogP contribution in [0.2, 0.25) is 0 Å². The summed E-state index contributed by atoms with van der Waals surface area (Å²) in [5.41, 5.74) is 4.69. The monoisotopic (exact) mass is 419 g/mol. The Morgan fingerprint density at radius 3 is 2.65 bits per heavy atom. The molecular formula is C24H25N3O4. The Kier molecular flexibility index (Phi) is 5.50. The predicted molar refractivity (Wildman–Crippen MR) is 118 cm³/mol. The highest BCUT2D eigenvalue weighted by Gasteiger charge is 2.14. The molecule has 0 spiro atoms. The second-order valence-corrected chi connectivity index (χ2v) is 7.93. The van der Waals surface area contributed by atoms with Gasteiger partial charge in [0.15, 0.2) is 0 Å². The maximum absolute atomic E-state index is 10.9. The minimum Gasteiger partial charge on any atom is -0.491 e. The molecule has 31 heavy (non-hydrogen) atoms. The van der Waals surface area contributed by atoms with E-state index in [1.807, 2.05) is 74.9 Å². The lowest BCUT2D eigenvalue weighted by Gasteiger charge is -2.12. The Bertz CT molecular complexity index is 1250. The molecule has 0 amide bonds. The van der Waals surface area contributed by atoms with E-state index >= 15 is 0 Å². The number of fused-ring (bicyclic) bond motifs is 1. The fraction of sp³-hybridized carbons (Fsp3) is 0.292. The van der Waals surface area contributed by atoms with E-state index in [4.69, 9.17) is 14.4 Å². The third kappa shape index (κ3) is 4.30. The van der Waals surface area contributed by atoms with Crippen LogP contribution in [0.5, 0.6) is 5.75 Å². The van der Waals surface area contributed by atoms with Gasteiger partial charge in [0.25, 0.3) is 5.89 Å². The lowest BCUT2D eigenvalue weighted by atomic mass is 10.1. The summed E-state index contributed by atoms with van der Waals surface area (Å²) >= 11 is 0. The SMILES string of the molecule is Cc1cc(-c2nc(-c3ccc4c(c3)cc(CCC(=O)O)n4C)no2)ccc1OC(C)C. The van der Waals surface area contributed by atoms with E-state index < -0.39 is 5.97 Å². The summed E-state index contributed by atoms with van der Waals surface area (Å²) in [6.45, 7) is 5.98. The van der Waals surface area contributed by atoms with Crippen LogP contribution in [0.4, 0.5) is 0 Å². The zero-order valence-electron chi connectivity index (χ0n) is 18.0. The minimum atomic E-state index is -0.802. The number of benzene rings is 2. The highest BCUT2D eigenvalue weighted by molar-refractivity contribution is 5.85. The van der Waals surface area contributed by atoms with Crippen LogP contribution in [-0.4, -0.2) is 31.9 Å². The molecule has 0 aliphatic heterocycles. The van der Waals surface area contributed by atoms with Crippen molar-refractivity contribution in [2.24, 2.45) is 7.05 Å². The quantitative estimate of drug-likeness (QED) is 0.453. The molecule has 2 heterocycles. The van der Waals surface area contributed by atoms with E-state index in [2.05, 4.69) is 10.1 Å². The van der Waals surface area contributed by atoms with Crippen molar-refractivity contribution >= 4 is 16.9 Å². The molecule has 7 nitrogen and oxygen atoms in total. The van der Waals surface area contributed by atoms with Crippen molar-refractivity contribution in [3.63, 3.8) is 0 Å². The van der Waals surface area contributed by atoms with E-state index in [9.17, 15) is 4.79 Å². The summed E-state index contributed by atoms with van der Waals surface area (Å²) in [6, 6.07) is 13.8. The fourth-order valence-electron chi connectivity index (χ4n) is 3.65. The zero-order valence-corrected chi connectivity index (χ0v) is 18.0. The fourth-order valence-corrected chi connectivity index (χ4v) is 3.65. The molecule has 0 unspecified atom stereocenters. The van der Waals surface area contributed by atoms with Crippen molar-refractivity contribution in [2.75, 3.05) is 0 Å². The number of rotatable bonds is 7. The third-order valence-electron chi connectivity index (χ3n) is 5.21. The van der Waals surface area contributed by atoms with E-state index in [1.165, 1.54) is 0 Å². The first-order valence-electron chi connectivity index (χ1n) is 10.2. The second kappa shape index (κ2) is 8.26. The topological polar surface area (TPSA) is 90.4 Å². The average molecular weight is 419 g/mol. The summed E-state index contributed by atoms with van der Waals surface area (Å²) in [5.74, 6) is 0.994. The second-order valence-electron chi connectivity index (χ2n) is 7.93. The van der Waals surface area contributed by atoms with Crippen LogP contribution in [0.1, 0.15) is 31.5 Å². The standard InChI is InChI=1S/C24H25N3O4/c1-14(2)30-21-9-6-17(11-15(21)3)24-25-23(26-31-24)16-5-8-20-18(12-16)13-19(27(20)4)7-10-22(28)29/h5-6,8-9,11-14H,7,10H2,1-4H3,(H,28,29). The molecule has 4 rings (SSSR count). The molecule has 7 heteroatoms. The molecule has 0 bridgehead atoms. The molecule has 0 aliphatic carbocycles. The molecule has 4 aromatic rings. The molecule has 0 atom stereocenters. The first-order chi connectivity index (χ1) is 14.8. The van der Waals surface area contributed by atoms with Gasteiger partial charge >= 0.3 is 5.97 Å². The van der Waals surface area contributed by atoms with Gasteiger partial charge in [-0.25, -0.2) is 0 Å². The predicted octanol–water partition coefficient (Wildman–Crippen LogP) is 5.01. The number of ether oxygens (including phenoxy) is 1. The van der Waals surface area contributed by atoms with Gasteiger partial charge in [0, 0.05) is 34.8 Å². The summed E-state index contributed by atoms with van der Waals surface area (Å²) in [7, 11) is 1.95. The van der Waals surface area contributed by atoms with E-state index in [-0.39, 0.29) is 12.5 Å². The van der Waals surface area contributed by atoms with Gasteiger partial charge in [0.1, 0.15) is 5.75 Å². The van der Waals surface area contributed by atoms with E-state index in [1.54, 1.807) is 0 Å².